The van der Waals surface area contributed by atoms with Gasteiger partial charge >= 0.3 is 6.03 Å². The van der Waals surface area contributed by atoms with Crippen LogP contribution in [-0.4, -0.2) is 44.3 Å². The molecule has 0 bridgehead atoms. The largest absolute Gasteiger partial charge is 0.497 e. The molecule has 2 N–H and O–H groups in total. The van der Waals surface area contributed by atoms with E-state index in [0.717, 1.165) is 29.9 Å². The van der Waals surface area contributed by atoms with Crippen LogP contribution in [0.3, 0.4) is 0 Å². The predicted molar refractivity (Wildman–Crippen MR) is 108 cm³/mol. The highest BCUT2D eigenvalue weighted by molar-refractivity contribution is 6.00. The summed E-state index contributed by atoms with van der Waals surface area (Å²) < 4.78 is 10.6. The molecule has 1 fully saturated rings. The van der Waals surface area contributed by atoms with E-state index >= 15 is 0 Å². The van der Waals surface area contributed by atoms with Gasteiger partial charge in [-0.3, -0.25) is 0 Å². The van der Waals surface area contributed by atoms with Gasteiger partial charge in [-0.15, -0.1) is 0 Å². The molecule has 27 heavy (non-hydrogen) atoms. The molecule has 0 aromatic heterocycles. The van der Waals surface area contributed by atoms with Gasteiger partial charge in [-0.25, -0.2) is 4.79 Å². The van der Waals surface area contributed by atoms with E-state index in [-0.39, 0.29) is 6.03 Å². The Morgan fingerprint density at radius 2 is 1.85 bits per heavy atom. The lowest BCUT2D eigenvalue weighted by Gasteiger charge is -2.30. The van der Waals surface area contributed by atoms with Crippen LogP contribution in [-0.2, 0) is 4.74 Å². The molecule has 2 amide bonds. The molecule has 0 spiro atoms. The number of benzene rings is 2. The minimum Gasteiger partial charge on any atom is -0.497 e. The quantitative estimate of drug-likeness (QED) is 0.840. The summed E-state index contributed by atoms with van der Waals surface area (Å²) in [5.41, 5.74) is 4.31. The molecule has 1 aliphatic rings. The average Bonchev–Trinajstić information content (AvgIpc) is 2.67. The van der Waals surface area contributed by atoms with Gasteiger partial charge in [0.25, 0.3) is 0 Å². The number of hydrogen-bond acceptors (Lipinski definition) is 4. The number of morpholine rings is 1. The minimum absolute atomic E-state index is 0.309. The second kappa shape index (κ2) is 8.60. The Balaban J connectivity index is 1.66. The van der Waals surface area contributed by atoms with E-state index in [1.165, 1.54) is 0 Å². The number of carbonyl (C=O) groups is 1. The summed E-state index contributed by atoms with van der Waals surface area (Å²) in [5.74, 6) is 0.703. The number of aryl methyl sites for hydroxylation is 1. The fourth-order valence-electron chi connectivity index (χ4n) is 3.02. The number of methoxy groups -OCH3 is 1. The van der Waals surface area contributed by atoms with Gasteiger partial charge in [0.1, 0.15) is 5.75 Å². The molecule has 0 unspecified atom stereocenters. The van der Waals surface area contributed by atoms with Gasteiger partial charge in [0.05, 0.1) is 20.3 Å². The van der Waals surface area contributed by atoms with Crippen LogP contribution in [0, 0.1) is 6.92 Å². The second-order valence-electron chi connectivity index (χ2n) is 6.44. The lowest BCUT2D eigenvalue weighted by Crippen LogP contribution is -2.34. The smallest absolute Gasteiger partial charge is 0.323 e. The normalized spacial score (nSPS) is 13.8. The lowest BCUT2D eigenvalue weighted by molar-refractivity contribution is 0.0641. The molecule has 0 atom stereocenters. The van der Waals surface area contributed by atoms with Gasteiger partial charge < -0.3 is 25.0 Å². The Kier molecular flexibility index (Phi) is 5.98. The monoisotopic (exact) mass is 367 g/mol. The Morgan fingerprint density at radius 3 is 2.59 bits per heavy atom. The number of urea groups is 1. The van der Waals surface area contributed by atoms with Crippen LogP contribution in [0.4, 0.5) is 16.2 Å². The van der Waals surface area contributed by atoms with E-state index in [1.54, 1.807) is 13.2 Å². The third kappa shape index (κ3) is 5.01. The maximum absolute atomic E-state index is 12.4. The lowest BCUT2D eigenvalue weighted by atomic mass is 10.1. The Hall–Kier alpha value is -2.99. The van der Waals surface area contributed by atoms with Gasteiger partial charge in [-0.1, -0.05) is 18.7 Å². The van der Waals surface area contributed by atoms with E-state index in [0.29, 0.717) is 30.3 Å². The van der Waals surface area contributed by atoms with E-state index in [2.05, 4.69) is 22.1 Å². The van der Waals surface area contributed by atoms with E-state index in [4.69, 9.17) is 9.47 Å². The van der Waals surface area contributed by atoms with Crippen molar-refractivity contribution >= 4 is 23.1 Å². The van der Waals surface area contributed by atoms with Gasteiger partial charge in [-0.05, 0) is 42.3 Å². The van der Waals surface area contributed by atoms with Crippen LogP contribution < -0.4 is 15.4 Å². The summed E-state index contributed by atoms with van der Waals surface area (Å²) in [4.78, 5) is 14.6. The predicted octanol–water partition coefficient (Wildman–Crippen LogP) is 3.95. The molecule has 1 saturated heterocycles. The van der Waals surface area contributed by atoms with Crippen molar-refractivity contribution in [2.45, 2.75) is 6.92 Å². The van der Waals surface area contributed by atoms with E-state index in [1.807, 2.05) is 43.3 Å². The molecule has 2 aromatic rings. The van der Waals surface area contributed by atoms with Crippen LogP contribution in [0.25, 0.3) is 5.70 Å². The van der Waals surface area contributed by atoms with Gasteiger partial charge in [0.2, 0.25) is 0 Å². The number of hydrogen-bond donors (Lipinski definition) is 2. The molecule has 0 aliphatic carbocycles. The van der Waals surface area contributed by atoms with Crippen LogP contribution in [0.15, 0.2) is 49.0 Å². The summed E-state index contributed by atoms with van der Waals surface area (Å²) in [7, 11) is 1.60. The zero-order valence-corrected chi connectivity index (χ0v) is 15.7. The van der Waals surface area contributed by atoms with E-state index < -0.39 is 0 Å². The SMILES string of the molecule is C=C(c1cccc(NC(=O)Nc2cc(C)cc(OC)c2)c1)N1CCOCC1. The summed E-state index contributed by atoms with van der Waals surface area (Å²) in [6.07, 6.45) is 0. The molecule has 0 saturated carbocycles. The molecule has 6 nitrogen and oxygen atoms in total. The molecule has 3 rings (SSSR count). The minimum atomic E-state index is -0.309. The number of amides is 2. The molecule has 0 radical (unpaired) electrons. The highest BCUT2D eigenvalue weighted by Gasteiger charge is 2.14. The maximum atomic E-state index is 12.4. The third-order valence-corrected chi connectivity index (χ3v) is 4.39. The number of carbonyl (C=O) groups excluding carboxylic acids is 1. The first-order valence-corrected chi connectivity index (χ1v) is 8.91. The van der Waals surface area contributed by atoms with Crippen LogP contribution in [0.1, 0.15) is 11.1 Å². The number of nitrogens with one attached hydrogen (secondary N) is 2. The van der Waals surface area contributed by atoms with Crippen molar-refractivity contribution in [3.05, 3.63) is 60.2 Å². The first kappa shape index (κ1) is 18.8. The fraction of sp³-hybridized carbons (Fsp3) is 0.286. The summed E-state index contributed by atoms with van der Waals surface area (Å²) in [6, 6.07) is 12.9. The third-order valence-electron chi connectivity index (χ3n) is 4.39. The maximum Gasteiger partial charge on any atom is 0.323 e. The van der Waals surface area contributed by atoms with Crippen LogP contribution in [0.5, 0.6) is 5.75 Å². The van der Waals surface area contributed by atoms with Crippen LogP contribution >= 0.6 is 0 Å². The van der Waals surface area contributed by atoms with Crippen molar-refractivity contribution in [1.82, 2.24) is 4.90 Å². The van der Waals surface area contributed by atoms with E-state index in [9.17, 15) is 4.79 Å². The van der Waals surface area contributed by atoms with Crippen molar-refractivity contribution in [3.63, 3.8) is 0 Å². The van der Waals surface area contributed by atoms with Gasteiger partial charge in [0.15, 0.2) is 0 Å². The number of anilines is 2. The standard InChI is InChI=1S/C21H25N3O3/c1-15-11-19(14-20(12-15)26-3)23-21(25)22-18-6-4-5-17(13-18)16(2)24-7-9-27-10-8-24/h4-6,11-14H,2,7-10H2,1,3H3,(H2,22,23,25). The molecule has 6 heteroatoms. The molecular formula is C21H25N3O3. The van der Waals surface area contributed by atoms with Crippen molar-refractivity contribution in [3.8, 4) is 5.75 Å². The number of ether oxygens (including phenoxy) is 2. The molecule has 1 aliphatic heterocycles. The Labute approximate surface area is 159 Å². The van der Waals surface area contributed by atoms with Crippen molar-refractivity contribution in [2.24, 2.45) is 0 Å². The topological polar surface area (TPSA) is 62.8 Å². The van der Waals surface area contributed by atoms with Crippen molar-refractivity contribution < 1.29 is 14.3 Å². The number of rotatable bonds is 5. The van der Waals surface area contributed by atoms with Gasteiger partial charge in [-0.2, -0.15) is 0 Å². The van der Waals surface area contributed by atoms with Crippen molar-refractivity contribution in [1.29, 1.82) is 0 Å². The van der Waals surface area contributed by atoms with Gasteiger partial charge in [0, 0.05) is 36.2 Å². The van der Waals surface area contributed by atoms with Crippen molar-refractivity contribution in [2.75, 3.05) is 44.0 Å². The highest BCUT2D eigenvalue weighted by Crippen LogP contribution is 2.23. The summed E-state index contributed by atoms with van der Waals surface area (Å²) >= 11 is 0. The molecule has 2 aromatic carbocycles. The first-order valence-electron chi connectivity index (χ1n) is 8.91. The number of nitrogens with zero attached hydrogens (tertiary/aromatic N) is 1. The second-order valence-corrected chi connectivity index (χ2v) is 6.44. The summed E-state index contributed by atoms with van der Waals surface area (Å²) in [5, 5.41) is 5.71. The molecular weight excluding hydrogens is 342 g/mol. The molecule has 142 valence electrons. The zero-order valence-electron chi connectivity index (χ0n) is 15.7. The Bertz CT molecular complexity index is 829. The average molecular weight is 367 g/mol. The van der Waals surface area contributed by atoms with Crippen LogP contribution in [0.2, 0.25) is 0 Å². The highest BCUT2D eigenvalue weighted by atomic mass is 16.5. The summed E-state index contributed by atoms with van der Waals surface area (Å²) in [6.45, 7) is 9.21. The fourth-order valence-corrected chi connectivity index (χ4v) is 3.02. The Morgan fingerprint density at radius 1 is 1.11 bits per heavy atom. The first-order chi connectivity index (χ1) is 13.0. The zero-order chi connectivity index (χ0) is 19.2. The molecule has 1 heterocycles.